The zero-order chi connectivity index (χ0) is 52.6. The lowest BCUT2D eigenvalue weighted by atomic mass is 10.1. The van der Waals surface area contributed by atoms with E-state index in [9.17, 15) is 62.1 Å². The Morgan fingerprint density at radius 1 is 0.507 bits per heavy atom. The summed E-state index contributed by atoms with van der Waals surface area (Å²) < 4.78 is 148. The zero-order valence-corrected chi connectivity index (χ0v) is 40.3. The summed E-state index contributed by atoms with van der Waals surface area (Å²) in [6.45, 7) is 0. The highest BCUT2D eigenvalue weighted by atomic mass is 32.2. The van der Waals surface area contributed by atoms with Crippen molar-refractivity contribution in [3.63, 3.8) is 0 Å². The Kier molecular flexibility index (Phi) is 13.7. The van der Waals surface area contributed by atoms with Crippen molar-refractivity contribution in [2.45, 2.75) is 19.6 Å². The molecule has 30 heteroatoms. The summed E-state index contributed by atoms with van der Waals surface area (Å²) in [5.41, 5.74) is -1.27. The molecule has 0 fully saturated rings. The third-order valence-electron chi connectivity index (χ3n) is 10.2. The highest BCUT2D eigenvalue weighted by Crippen LogP contribution is 2.45. The smallest absolute Gasteiger partial charge is 0.296 e. The minimum atomic E-state index is -5.13. The summed E-state index contributed by atoms with van der Waals surface area (Å²) in [4.78, 5) is 13.3. The second-order valence-electron chi connectivity index (χ2n) is 15.0. The lowest BCUT2D eigenvalue weighted by Gasteiger charge is -2.13. The zero-order valence-electron chi connectivity index (χ0n) is 37.0. The first kappa shape index (κ1) is 50.9. The summed E-state index contributed by atoms with van der Waals surface area (Å²) in [7, 11) is -17.2. The van der Waals surface area contributed by atoms with E-state index in [4.69, 9.17) is 9.47 Å². The standard InChI is InChI=1S/C43H34N10O16S4/c1-68-33-14-10-27(70(56,57)58)20-31(33)50-52-37-35(72(62,63)64)18-22-16-25(8-12-29(22)39(37)54)45-42-47-41(44-24-6-4-3-5-7-24)48-43(49-42)46-26-9-13-30-23(17-26)19-36(73(65,66)67)38(40(30)55)53-51-32-21-28(71(59,60)61)11-15-34(32)69-2/h3-21,54-55H,1-2H3,(H,56,57,58)(H,59,60,61)(H,62,63,64)(H,65,66,67)(H3,44,45,46,47,48,49). The summed E-state index contributed by atoms with van der Waals surface area (Å²) in [6.07, 6.45) is 0. The van der Waals surface area contributed by atoms with Crippen molar-refractivity contribution in [2.75, 3.05) is 24.9 Å². The predicted octanol–water partition coefficient (Wildman–Crippen LogP) is 8.08. The average Bonchev–Trinajstić information content (AvgIpc) is 3.32. The van der Waals surface area contributed by atoms with Crippen molar-refractivity contribution in [3.8, 4) is 23.0 Å². The van der Waals surface area contributed by atoms with Gasteiger partial charge in [-0.3, -0.25) is 23.2 Å². The molecule has 0 spiro atoms. The summed E-state index contributed by atoms with van der Waals surface area (Å²) >= 11 is 0. The molecule has 73 heavy (non-hydrogen) atoms. The molecule has 0 aliphatic carbocycles. The number of aromatic hydroxyl groups is 2. The van der Waals surface area contributed by atoms with E-state index in [1.54, 1.807) is 30.3 Å². The van der Waals surface area contributed by atoms with E-state index in [1.807, 2.05) is 0 Å². The lowest BCUT2D eigenvalue weighted by molar-refractivity contribution is 0.415. The van der Waals surface area contributed by atoms with Gasteiger partial charge in [0.05, 0.1) is 29.7 Å². The van der Waals surface area contributed by atoms with E-state index in [-0.39, 0.29) is 73.3 Å². The number of phenolic OH excluding ortho intramolecular Hbond substituents is 2. The van der Waals surface area contributed by atoms with Crippen molar-refractivity contribution < 1.29 is 71.6 Å². The number of methoxy groups -OCH3 is 2. The number of hydrogen-bond acceptors (Lipinski definition) is 21. The first-order valence-corrected chi connectivity index (χ1v) is 26.0. The van der Waals surface area contributed by atoms with Crippen molar-refractivity contribution in [1.29, 1.82) is 0 Å². The molecule has 0 unspecified atom stereocenters. The number of para-hydroxylation sites is 1. The van der Waals surface area contributed by atoms with E-state index in [0.29, 0.717) is 5.69 Å². The maximum Gasteiger partial charge on any atom is 0.296 e. The van der Waals surface area contributed by atoms with Crippen LogP contribution in [0.25, 0.3) is 21.5 Å². The van der Waals surface area contributed by atoms with E-state index >= 15 is 0 Å². The highest BCUT2D eigenvalue weighted by molar-refractivity contribution is 7.86. The number of aromatic amines is 1. The number of azo groups is 2. The number of phenols is 2. The number of H-pyrrole nitrogens is 1. The molecule has 7 aromatic carbocycles. The monoisotopic (exact) mass is 1070 g/mol. The molecule has 0 radical (unpaired) electrons. The topological polar surface area (TPSA) is 404 Å². The Morgan fingerprint density at radius 3 is 1.32 bits per heavy atom. The van der Waals surface area contributed by atoms with Gasteiger partial charge in [-0.1, -0.05) is 18.2 Å². The molecule has 8 rings (SSSR count). The second-order valence-corrected chi connectivity index (χ2v) is 20.6. The van der Waals surface area contributed by atoms with Crippen molar-refractivity contribution in [1.82, 2.24) is 15.0 Å². The quantitative estimate of drug-likeness (QED) is 0.0346. The largest absolute Gasteiger partial charge is 0.505 e. The molecule has 1 aromatic heterocycles. The maximum atomic E-state index is 12.7. The van der Waals surface area contributed by atoms with Crippen molar-refractivity contribution in [3.05, 3.63) is 121 Å². The Labute approximate surface area is 412 Å². The van der Waals surface area contributed by atoms with Gasteiger partial charge in [-0.15, -0.1) is 20.5 Å². The number of ether oxygens (including phenoxy) is 2. The Balaban J connectivity index is 1.16. The number of hydrogen-bond donors (Lipinski definition) is 9. The van der Waals surface area contributed by atoms with Gasteiger partial charge in [-0.25, -0.2) is 4.99 Å². The molecular weight excluding hydrogens is 1040 g/mol. The number of fused-ring (bicyclic) bond motifs is 2. The molecule has 376 valence electrons. The molecule has 0 bridgehead atoms. The highest BCUT2D eigenvalue weighted by Gasteiger charge is 2.25. The van der Waals surface area contributed by atoms with E-state index in [2.05, 4.69) is 51.0 Å². The molecule has 0 amide bonds. The molecule has 0 atom stereocenters. The Morgan fingerprint density at radius 2 is 0.932 bits per heavy atom. The molecule has 9 N–H and O–H groups in total. The van der Waals surface area contributed by atoms with Gasteiger partial charge in [0.2, 0.25) is 11.9 Å². The van der Waals surface area contributed by atoms with Gasteiger partial charge in [0.1, 0.15) is 44.0 Å². The Hall–Kier alpha value is -8.49. The maximum absolute atomic E-state index is 12.7. The van der Waals surface area contributed by atoms with Gasteiger partial charge in [0.15, 0.2) is 11.5 Å². The molecule has 26 nitrogen and oxygen atoms in total. The molecule has 0 aliphatic heterocycles. The number of nitrogens with zero attached hydrogens (tertiary/aromatic N) is 7. The van der Waals surface area contributed by atoms with Crippen LogP contribution in [0.4, 0.5) is 51.7 Å². The Bertz CT molecular complexity index is 3920. The molecule has 0 saturated heterocycles. The molecular formula is C43H34N10O16S4. The molecule has 0 aliphatic rings. The van der Waals surface area contributed by atoms with Gasteiger partial charge < -0.3 is 30.3 Å². The van der Waals surface area contributed by atoms with Crippen LogP contribution in [0.5, 0.6) is 23.0 Å². The third kappa shape index (κ3) is 11.3. The van der Waals surface area contributed by atoms with Crippen LogP contribution in [-0.2, 0) is 40.5 Å². The first-order chi connectivity index (χ1) is 34.4. The van der Waals surface area contributed by atoms with Gasteiger partial charge in [-0.05, 0) is 108 Å². The normalized spacial score (nSPS) is 12.4. The van der Waals surface area contributed by atoms with E-state index < -0.39 is 82.9 Å². The van der Waals surface area contributed by atoms with E-state index in [1.165, 1.54) is 50.6 Å². The summed E-state index contributed by atoms with van der Waals surface area (Å²) in [6, 6.07) is 25.0. The van der Waals surface area contributed by atoms with Crippen molar-refractivity contribution in [2.24, 2.45) is 25.4 Å². The van der Waals surface area contributed by atoms with Crippen LogP contribution in [0.2, 0.25) is 0 Å². The van der Waals surface area contributed by atoms with Crippen LogP contribution in [0.3, 0.4) is 0 Å². The van der Waals surface area contributed by atoms with Gasteiger partial charge >= 0.3 is 0 Å². The molecule has 1 heterocycles. The van der Waals surface area contributed by atoms with Crippen LogP contribution >= 0.6 is 0 Å². The summed E-state index contributed by atoms with van der Waals surface area (Å²) in [5, 5.41) is 44.1. The van der Waals surface area contributed by atoms with Crippen LogP contribution < -0.4 is 25.7 Å². The number of aromatic nitrogens is 3. The van der Waals surface area contributed by atoms with Crippen LogP contribution in [-0.4, -0.2) is 91.3 Å². The first-order valence-electron chi connectivity index (χ1n) is 20.2. The summed E-state index contributed by atoms with van der Waals surface area (Å²) in [5.74, 6) is -1.66. The fourth-order valence-electron chi connectivity index (χ4n) is 6.92. The lowest BCUT2D eigenvalue weighted by Crippen LogP contribution is -2.18. The SMILES string of the molecule is COc1ccc(S(=O)(=O)O)cc1N=Nc1c(S(=O)(=O)O)cc2cc(Nc3nc(=Nc4ccccc4)nc(Nc4ccc5c(O)c(N=Nc6cc(S(=O)(=O)O)ccc6OC)c(S(=O)(=O)O)cc5c4)[nH]3)ccc2c1O. The van der Waals surface area contributed by atoms with E-state index in [0.717, 1.165) is 48.5 Å². The van der Waals surface area contributed by atoms with Crippen LogP contribution in [0.15, 0.2) is 160 Å². The fourth-order valence-corrected chi connectivity index (χ4v) is 9.24. The number of benzene rings is 7. The third-order valence-corrected chi connectivity index (χ3v) is 13.7. The van der Waals surface area contributed by atoms with Gasteiger partial charge in [0.25, 0.3) is 46.1 Å². The second kappa shape index (κ2) is 19.6. The number of anilines is 4. The van der Waals surface area contributed by atoms with Crippen LogP contribution in [0.1, 0.15) is 0 Å². The number of rotatable bonds is 15. The van der Waals surface area contributed by atoms with Gasteiger partial charge in [-0.2, -0.15) is 43.6 Å². The van der Waals surface area contributed by atoms with Gasteiger partial charge in [0, 0.05) is 22.1 Å². The minimum absolute atomic E-state index is 0.0136. The predicted molar refractivity (Wildman–Crippen MR) is 259 cm³/mol. The molecule has 0 saturated carbocycles. The fraction of sp³-hybridized carbons (Fsp3) is 0.0465. The average molecular weight is 1080 g/mol. The molecule has 8 aromatic rings. The number of nitrogens with one attached hydrogen (secondary N) is 3. The minimum Gasteiger partial charge on any atom is -0.505 e. The van der Waals surface area contributed by atoms with Crippen molar-refractivity contribution >= 4 is 114 Å². The van der Waals surface area contributed by atoms with Crippen LogP contribution in [0, 0.1) is 0 Å².